The van der Waals surface area contributed by atoms with Crippen LogP contribution in [0, 0.1) is 6.92 Å². The Kier molecular flexibility index (Phi) is 7.33. The molecule has 0 radical (unpaired) electrons. The van der Waals surface area contributed by atoms with Crippen molar-refractivity contribution in [3.63, 3.8) is 0 Å². The van der Waals surface area contributed by atoms with Gasteiger partial charge in [0, 0.05) is 19.6 Å². The highest BCUT2D eigenvalue weighted by atomic mass is 35.5. The number of hydrogen-bond donors (Lipinski definition) is 1. The van der Waals surface area contributed by atoms with Gasteiger partial charge in [0.2, 0.25) is 10.0 Å². The van der Waals surface area contributed by atoms with E-state index in [0.717, 1.165) is 32.1 Å². The standard InChI is InChI=1S/C22H27ClN2O3S/c1-17-7-9-18(10-8-17)6-5-13-24-22(26)20-16-19(11-12-21(20)23)29(27,28)25-14-3-2-4-15-25/h7-12,16H,2-6,13-15H2,1H3,(H,24,26). The number of nitrogens with zero attached hydrogens (tertiary/aromatic N) is 1. The van der Waals surface area contributed by atoms with E-state index >= 15 is 0 Å². The van der Waals surface area contributed by atoms with E-state index in [9.17, 15) is 13.2 Å². The molecule has 2 aromatic rings. The van der Waals surface area contributed by atoms with Crippen molar-refractivity contribution in [2.75, 3.05) is 19.6 Å². The summed E-state index contributed by atoms with van der Waals surface area (Å²) in [6.45, 7) is 3.58. The van der Waals surface area contributed by atoms with Crippen LogP contribution >= 0.6 is 11.6 Å². The minimum atomic E-state index is -3.60. The molecule has 3 rings (SSSR count). The summed E-state index contributed by atoms with van der Waals surface area (Å²) in [6.07, 6.45) is 4.42. The summed E-state index contributed by atoms with van der Waals surface area (Å²) in [4.78, 5) is 12.7. The molecule has 29 heavy (non-hydrogen) atoms. The Morgan fingerprint density at radius 3 is 2.45 bits per heavy atom. The van der Waals surface area contributed by atoms with Crippen LogP contribution in [0.4, 0.5) is 0 Å². The van der Waals surface area contributed by atoms with Gasteiger partial charge < -0.3 is 5.32 Å². The lowest BCUT2D eigenvalue weighted by Crippen LogP contribution is -2.35. The molecular weight excluding hydrogens is 408 g/mol. The molecule has 0 saturated carbocycles. The Labute approximate surface area is 178 Å². The molecule has 0 bridgehead atoms. The molecule has 1 aliphatic heterocycles. The maximum Gasteiger partial charge on any atom is 0.252 e. The van der Waals surface area contributed by atoms with E-state index in [-0.39, 0.29) is 21.4 Å². The van der Waals surface area contributed by atoms with Crippen LogP contribution in [0.15, 0.2) is 47.4 Å². The first-order valence-electron chi connectivity index (χ1n) is 10.0. The molecule has 1 N–H and O–H groups in total. The minimum absolute atomic E-state index is 0.119. The third kappa shape index (κ3) is 5.59. The first kappa shape index (κ1) is 21.8. The number of rotatable bonds is 7. The van der Waals surface area contributed by atoms with Crippen LogP contribution < -0.4 is 5.32 Å². The average molecular weight is 435 g/mol. The second-order valence-electron chi connectivity index (χ2n) is 7.45. The molecule has 0 unspecified atom stereocenters. The molecular formula is C22H27ClN2O3S. The van der Waals surface area contributed by atoms with Crippen LogP contribution in [0.25, 0.3) is 0 Å². The highest BCUT2D eigenvalue weighted by molar-refractivity contribution is 7.89. The summed E-state index contributed by atoms with van der Waals surface area (Å²) in [5.74, 6) is -0.352. The van der Waals surface area contributed by atoms with Crippen molar-refractivity contribution in [2.24, 2.45) is 0 Å². The molecule has 2 aromatic carbocycles. The van der Waals surface area contributed by atoms with Crippen molar-refractivity contribution in [1.82, 2.24) is 9.62 Å². The Balaban J connectivity index is 1.62. The van der Waals surface area contributed by atoms with Crippen LogP contribution in [-0.2, 0) is 16.4 Å². The van der Waals surface area contributed by atoms with Crippen LogP contribution in [0.5, 0.6) is 0 Å². The maximum atomic E-state index is 12.9. The zero-order chi connectivity index (χ0) is 20.9. The summed E-state index contributed by atoms with van der Waals surface area (Å²) in [5.41, 5.74) is 2.63. The summed E-state index contributed by atoms with van der Waals surface area (Å²) >= 11 is 6.18. The number of carbonyl (C=O) groups is 1. The molecule has 5 nitrogen and oxygen atoms in total. The molecule has 1 aliphatic rings. The van der Waals surface area contributed by atoms with Gasteiger partial charge >= 0.3 is 0 Å². The minimum Gasteiger partial charge on any atom is -0.352 e. The normalized spacial score (nSPS) is 15.2. The molecule has 1 saturated heterocycles. The monoisotopic (exact) mass is 434 g/mol. The van der Waals surface area contributed by atoms with Gasteiger partial charge in [-0.2, -0.15) is 4.31 Å². The van der Waals surface area contributed by atoms with Gasteiger partial charge in [0.25, 0.3) is 5.91 Å². The first-order valence-corrected chi connectivity index (χ1v) is 11.8. The number of sulfonamides is 1. The fraction of sp³-hybridized carbons (Fsp3) is 0.409. The third-order valence-corrected chi connectivity index (χ3v) is 7.41. The zero-order valence-corrected chi connectivity index (χ0v) is 18.2. The topological polar surface area (TPSA) is 66.5 Å². The Morgan fingerprint density at radius 2 is 1.76 bits per heavy atom. The number of piperidine rings is 1. The molecule has 156 valence electrons. The molecule has 0 atom stereocenters. The molecule has 0 aromatic heterocycles. The third-order valence-electron chi connectivity index (χ3n) is 5.18. The summed E-state index contributed by atoms with van der Waals surface area (Å²) in [6, 6.07) is 12.7. The van der Waals surface area contributed by atoms with Crippen molar-refractivity contribution in [1.29, 1.82) is 0 Å². The number of benzene rings is 2. The van der Waals surface area contributed by atoms with Gasteiger partial charge in [0.1, 0.15) is 0 Å². The zero-order valence-electron chi connectivity index (χ0n) is 16.7. The number of carbonyl (C=O) groups excluding carboxylic acids is 1. The predicted octanol–water partition coefficient (Wildman–Crippen LogP) is 4.19. The van der Waals surface area contributed by atoms with Crippen LogP contribution in [0.2, 0.25) is 5.02 Å². The van der Waals surface area contributed by atoms with E-state index < -0.39 is 10.0 Å². The number of hydrogen-bond acceptors (Lipinski definition) is 3. The van der Waals surface area contributed by atoms with Gasteiger partial charge in [-0.3, -0.25) is 4.79 Å². The van der Waals surface area contributed by atoms with Crippen molar-refractivity contribution in [3.05, 3.63) is 64.2 Å². The van der Waals surface area contributed by atoms with Gasteiger partial charge in [-0.25, -0.2) is 8.42 Å². The van der Waals surface area contributed by atoms with Gasteiger partial charge in [-0.05, 0) is 56.4 Å². The average Bonchev–Trinajstić information content (AvgIpc) is 2.73. The number of amides is 1. The van der Waals surface area contributed by atoms with Gasteiger partial charge in [-0.15, -0.1) is 0 Å². The highest BCUT2D eigenvalue weighted by Gasteiger charge is 2.27. The second kappa shape index (κ2) is 9.74. The fourth-order valence-electron chi connectivity index (χ4n) is 3.44. The second-order valence-corrected chi connectivity index (χ2v) is 9.80. The molecule has 0 aliphatic carbocycles. The molecule has 1 fully saturated rings. The smallest absolute Gasteiger partial charge is 0.252 e. The Hall–Kier alpha value is -1.89. The van der Waals surface area contributed by atoms with E-state index in [1.54, 1.807) is 0 Å². The van der Waals surface area contributed by atoms with Crippen LogP contribution in [0.1, 0.15) is 47.2 Å². The lowest BCUT2D eigenvalue weighted by Gasteiger charge is -2.26. The maximum absolute atomic E-state index is 12.9. The van der Waals surface area contributed by atoms with Crippen molar-refractivity contribution < 1.29 is 13.2 Å². The van der Waals surface area contributed by atoms with Crippen molar-refractivity contribution in [3.8, 4) is 0 Å². The lowest BCUT2D eigenvalue weighted by molar-refractivity contribution is 0.0953. The molecule has 0 spiro atoms. The number of aryl methyl sites for hydroxylation is 2. The molecule has 7 heteroatoms. The van der Waals surface area contributed by atoms with Crippen LogP contribution in [-0.4, -0.2) is 38.3 Å². The predicted molar refractivity (Wildman–Crippen MR) is 116 cm³/mol. The van der Waals surface area contributed by atoms with E-state index in [2.05, 4.69) is 29.6 Å². The quantitative estimate of drug-likeness (QED) is 0.664. The first-order chi connectivity index (χ1) is 13.9. The largest absolute Gasteiger partial charge is 0.352 e. The number of halogens is 1. The van der Waals surface area contributed by atoms with E-state index in [0.29, 0.717) is 19.6 Å². The Morgan fingerprint density at radius 1 is 1.07 bits per heavy atom. The SMILES string of the molecule is Cc1ccc(CCCNC(=O)c2cc(S(=O)(=O)N3CCCCC3)ccc2Cl)cc1. The van der Waals surface area contributed by atoms with Crippen molar-refractivity contribution >= 4 is 27.5 Å². The van der Waals surface area contributed by atoms with Gasteiger partial charge in [0.15, 0.2) is 0 Å². The van der Waals surface area contributed by atoms with E-state index in [1.807, 2.05) is 6.92 Å². The molecule has 1 amide bonds. The fourth-order valence-corrected chi connectivity index (χ4v) is 5.18. The Bertz CT molecular complexity index is 953. The van der Waals surface area contributed by atoms with Gasteiger partial charge in [-0.1, -0.05) is 47.9 Å². The van der Waals surface area contributed by atoms with E-state index in [4.69, 9.17) is 11.6 Å². The number of nitrogens with one attached hydrogen (secondary N) is 1. The summed E-state index contributed by atoms with van der Waals surface area (Å²) in [7, 11) is -3.60. The van der Waals surface area contributed by atoms with Crippen LogP contribution in [0.3, 0.4) is 0 Å². The van der Waals surface area contributed by atoms with Gasteiger partial charge in [0.05, 0.1) is 15.5 Å². The van der Waals surface area contributed by atoms with Crippen molar-refractivity contribution in [2.45, 2.75) is 43.9 Å². The molecule has 1 heterocycles. The van der Waals surface area contributed by atoms with E-state index in [1.165, 1.54) is 33.6 Å². The summed E-state index contributed by atoms with van der Waals surface area (Å²) in [5, 5.41) is 3.10. The lowest BCUT2D eigenvalue weighted by atomic mass is 10.1. The highest BCUT2D eigenvalue weighted by Crippen LogP contribution is 2.25. The summed E-state index contributed by atoms with van der Waals surface area (Å²) < 4.78 is 27.2.